The van der Waals surface area contributed by atoms with Crippen LogP contribution in [0.2, 0.25) is 0 Å². The molecule has 19 heavy (non-hydrogen) atoms. The van der Waals surface area contributed by atoms with Gasteiger partial charge in [-0.15, -0.1) is 0 Å². The Balaban J connectivity index is 2.15. The Kier molecular flexibility index (Phi) is 3.90. The van der Waals surface area contributed by atoms with Crippen molar-refractivity contribution in [3.8, 4) is 0 Å². The first-order chi connectivity index (χ1) is 9.08. The van der Waals surface area contributed by atoms with Crippen LogP contribution in [0, 0.1) is 13.8 Å². The molecular weight excluding hydrogens is 238 g/mol. The van der Waals surface area contributed by atoms with Crippen LogP contribution in [0.4, 0.5) is 5.69 Å². The molecule has 98 valence electrons. The summed E-state index contributed by atoms with van der Waals surface area (Å²) in [6.45, 7) is 5.72. The minimum absolute atomic E-state index is 0.210. The van der Waals surface area contributed by atoms with Crippen LogP contribution in [0.15, 0.2) is 30.3 Å². The molecule has 0 aliphatic rings. The zero-order valence-corrected chi connectivity index (χ0v) is 11.4. The number of hydrogen-bond donors (Lipinski definition) is 1. The van der Waals surface area contributed by atoms with E-state index in [0.717, 1.165) is 17.8 Å². The van der Waals surface area contributed by atoms with Crippen LogP contribution in [-0.4, -0.2) is 15.9 Å². The standard InChI is InChI=1S/C15H17N3O/c1-4-12-5-7-13(8-6-12)18-15(19)14-9-10(2)16-11(3)17-14/h5-9H,4H2,1-3H3,(H,18,19). The molecule has 0 radical (unpaired) electrons. The molecule has 0 spiro atoms. The van der Waals surface area contributed by atoms with Gasteiger partial charge in [0.25, 0.3) is 5.91 Å². The summed E-state index contributed by atoms with van der Waals surface area (Å²) in [5.74, 6) is 0.393. The van der Waals surface area contributed by atoms with E-state index in [1.165, 1.54) is 5.56 Å². The Morgan fingerprint density at radius 2 is 1.84 bits per heavy atom. The molecule has 2 rings (SSSR count). The zero-order valence-electron chi connectivity index (χ0n) is 11.4. The number of nitrogens with zero attached hydrogens (tertiary/aromatic N) is 2. The molecule has 1 heterocycles. The van der Waals surface area contributed by atoms with Crippen molar-refractivity contribution < 1.29 is 4.79 Å². The Labute approximate surface area is 112 Å². The summed E-state index contributed by atoms with van der Waals surface area (Å²) in [6, 6.07) is 9.50. The first-order valence-electron chi connectivity index (χ1n) is 6.31. The molecule has 0 fully saturated rings. The van der Waals surface area contributed by atoms with Crippen LogP contribution in [-0.2, 0) is 6.42 Å². The highest BCUT2D eigenvalue weighted by Crippen LogP contribution is 2.11. The van der Waals surface area contributed by atoms with Gasteiger partial charge in [-0.25, -0.2) is 9.97 Å². The Hall–Kier alpha value is -2.23. The number of carbonyl (C=O) groups is 1. The summed E-state index contributed by atoms with van der Waals surface area (Å²) in [4.78, 5) is 20.4. The monoisotopic (exact) mass is 255 g/mol. The number of anilines is 1. The fourth-order valence-corrected chi connectivity index (χ4v) is 1.85. The van der Waals surface area contributed by atoms with Crippen molar-refractivity contribution in [1.82, 2.24) is 9.97 Å². The molecule has 0 saturated heterocycles. The Morgan fingerprint density at radius 1 is 1.16 bits per heavy atom. The highest BCUT2D eigenvalue weighted by atomic mass is 16.1. The van der Waals surface area contributed by atoms with Gasteiger partial charge in [0.15, 0.2) is 0 Å². The van der Waals surface area contributed by atoms with Gasteiger partial charge in [-0.2, -0.15) is 0 Å². The van der Waals surface area contributed by atoms with E-state index in [4.69, 9.17) is 0 Å². The minimum Gasteiger partial charge on any atom is -0.321 e. The van der Waals surface area contributed by atoms with Crippen LogP contribution in [0.1, 0.15) is 34.5 Å². The molecule has 4 heteroatoms. The number of hydrogen-bond acceptors (Lipinski definition) is 3. The molecule has 1 aromatic carbocycles. The predicted molar refractivity (Wildman–Crippen MR) is 75.3 cm³/mol. The molecule has 0 unspecified atom stereocenters. The van der Waals surface area contributed by atoms with Crippen LogP contribution in [0.5, 0.6) is 0 Å². The summed E-state index contributed by atoms with van der Waals surface area (Å²) >= 11 is 0. The van der Waals surface area contributed by atoms with Gasteiger partial charge in [0.2, 0.25) is 0 Å². The molecule has 0 bridgehead atoms. The lowest BCUT2D eigenvalue weighted by atomic mass is 10.1. The molecule has 1 amide bonds. The second-order valence-corrected chi connectivity index (χ2v) is 4.45. The van der Waals surface area contributed by atoms with E-state index in [1.807, 2.05) is 31.2 Å². The lowest BCUT2D eigenvalue weighted by Gasteiger charge is -2.06. The number of carbonyl (C=O) groups excluding carboxylic acids is 1. The first kappa shape index (κ1) is 13.2. The molecule has 1 N–H and O–H groups in total. The summed E-state index contributed by atoms with van der Waals surface area (Å²) < 4.78 is 0. The van der Waals surface area contributed by atoms with Crippen molar-refractivity contribution in [2.45, 2.75) is 27.2 Å². The number of aromatic nitrogens is 2. The van der Waals surface area contributed by atoms with Gasteiger partial charge < -0.3 is 5.32 Å². The third-order valence-electron chi connectivity index (χ3n) is 2.82. The number of benzene rings is 1. The molecular formula is C15H17N3O. The van der Waals surface area contributed by atoms with E-state index in [2.05, 4.69) is 22.2 Å². The van der Waals surface area contributed by atoms with Gasteiger partial charge in [-0.1, -0.05) is 19.1 Å². The molecule has 4 nitrogen and oxygen atoms in total. The molecule has 0 aliphatic heterocycles. The average Bonchev–Trinajstić information content (AvgIpc) is 2.38. The lowest BCUT2D eigenvalue weighted by molar-refractivity contribution is 0.102. The molecule has 1 aromatic heterocycles. The van der Waals surface area contributed by atoms with Crippen molar-refractivity contribution in [3.05, 3.63) is 53.1 Å². The lowest BCUT2D eigenvalue weighted by Crippen LogP contribution is -2.15. The number of nitrogens with one attached hydrogen (secondary N) is 1. The number of aryl methyl sites for hydroxylation is 3. The smallest absolute Gasteiger partial charge is 0.274 e. The fraction of sp³-hybridized carbons (Fsp3) is 0.267. The summed E-state index contributed by atoms with van der Waals surface area (Å²) in [6.07, 6.45) is 0.985. The maximum absolute atomic E-state index is 12.1. The van der Waals surface area contributed by atoms with Crippen LogP contribution in [0.3, 0.4) is 0 Å². The molecule has 0 aliphatic carbocycles. The van der Waals surface area contributed by atoms with Crippen molar-refractivity contribution in [3.63, 3.8) is 0 Å². The van der Waals surface area contributed by atoms with E-state index >= 15 is 0 Å². The molecule has 0 saturated carbocycles. The van der Waals surface area contributed by atoms with Gasteiger partial charge >= 0.3 is 0 Å². The first-order valence-corrected chi connectivity index (χ1v) is 6.31. The largest absolute Gasteiger partial charge is 0.321 e. The second-order valence-electron chi connectivity index (χ2n) is 4.45. The van der Waals surface area contributed by atoms with Gasteiger partial charge in [0.1, 0.15) is 11.5 Å². The Morgan fingerprint density at radius 3 is 2.42 bits per heavy atom. The third kappa shape index (κ3) is 3.37. The van der Waals surface area contributed by atoms with E-state index in [0.29, 0.717) is 11.5 Å². The summed E-state index contributed by atoms with van der Waals surface area (Å²) in [7, 11) is 0. The van der Waals surface area contributed by atoms with E-state index in [-0.39, 0.29) is 5.91 Å². The highest BCUT2D eigenvalue weighted by Gasteiger charge is 2.09. The zero-order chi connectivity index (χ0) is 13.8. The fourth-order valence-electron chi connectivity index (χ4n) is 1.85. The predicted octanol–water partition coefficient (Wildman–Crippen LogP) is 2.91. The van der Waals surface area contributed by atoms with Crippen LogP contribution < -0.4 is 5.32 Å². The van der Waals surface area contributed by atoms with Crippen molar-refractivity contribution in [1.29, 1.82) is 0 Å². The van der Waals surface area contributed by atoms with Crippen molar-refractivity contribution in [2.75, 3.05) is 5.32 Å². The average molecular weight is 255 g/mol. The van der Waals surface area contributed by atoms with Crippen molar-refractivity contribution in [2.24, 2.45) is 0 Å². The van der Waals surface area contributed by atoms with Gasteiger partial charge in [0.05, 0.1) is 0 Å². The van der Waals surface area contributed by atoms with Gasteiger partial charge in [0, 0.05) is 11.4 Å². The topological polar surface area (TPSA) is 54.9 Å². The van der Waals surface area contributed by atoms with Gasteiger partial charge in [-0.3, -0.25) is 4.79 Å². The van der Waals surface area contributed by atoms with Crippen LogP contribution >= 0.6 is 0 Å². The maximum Gasteiger partial charge on any atom is 0.274 e. The van der Waals surface area contributed by atoms with E-state index in [9.17, 15) is 4.79 Å². The number of rotatable bonds is 3. The quantitative estimate of drug-likeness (QED) is 0.917. The van der Waals surface area contributed by atoms with Gasteiger partial charge in [-0.05, 0) is 44.0 Å². The SMILES string of the molecule is CCc1ccc(NC(=O)c2cc(C)nc(C)n2)cc1. The van der Waals surface area contributed by atoms with E-state index < -0.39 is 0 Å². The van der Waals surface area contributed by atoms with Crippen LogP contribution in [0.25, 0.3) is 0 Å². The Bertz CT molecular complexity index is 571. The third-order valence-corrected chi connectivity index (χ3v) is 2.82. The maximum atomic E-state index is 12.1. The summed E-state index contributed by atoms with van der Waals surface area (Å²) in [5.41, 5.74) is 3.20. The normalized spacial score (nSPS) is 10.3. The van der Waals surface area contributed by atoms with Crippen molar-refractivity contribution >= 4 is 11.6 Å². The molecule has 0 atom stereocenters. The highest BCUT2D eigenvalue weighted by molar-refractivity contribution is 6.02. The summed E-state index contributed by atoms with van der Waals surface area (Å²) in [5, 5.41) is 2.83. The minimum atomic E-state index is -0.210. The number of amides is 1. The second kappa shape index (κ2) is 5.61. The van der Waals surface area contributed by atoms with E-state index in [1.54, 1.807) is 13.0 Å². The molecule has 2 aromatic rings.